The van der Waals surface area contributed by atoms with Crippen LogP contribution >= 0.6 is 0 Å². The van der Waals surface area contributed by atoms with Gasteiger partial charge in [-0.05, 0) is 51.4 Å². The van der Waals surface area contributed by atoms with Crippen molar-refractivity contribution in [3.8, 4) is 0 Å². The Morgan fingerprint density at radius 1 is 0.431 bits per heavy atom. The standard InChI is InChI=1S/C63H115NO8/c1-6-8-10-12-14-16-18-20-22-24-26-28-29-30-31-32-33-34-36-38-40-42-44-46-48-50-52-54-61(66)72-59(58-71-63(62(67)68)69-56-55-64(3,4)5)57-70-60(65)53-51-49-47-45-43-41-39-37-35-27-25-23-21-19-17-15-13-11-9-7-2/h8,10,14,16,20,22,26,28,59,63H,6-7,9,11-13,15,17-19,21,23-25,27,29-58H2,1-5H3/b10-8-,16-14-,22-20-,28-26-. The fourth-order valence-corrected chi connectivity index (χ4v) is 8.71. The van der Waals surface area contributed by atoms with Crippen LogP contribution < -0.4 is 5.11 Å². The largest absolute Gasteiger partial charge is 0.545 e. The Kier molecular flexibility index (Phi) is 52.4. The summed E-state index contributed by atoms with van der Waals surface area (Å²) < 4.78 is 22.7. The lowest BCUT2D eigenvalue weighted by Crippen LogP contribution is -2.44. The second kappa shape index (κ2) is 54.5. The number of carbonyl (C=O) groups excluding carboxylic acids is 3. The number of allylic oxidation sites excluding steroid dienone is 8. The molecule has 0 spiro atoms. The first-order valence-corrected chi connectivity index (χ1v) is 30.3. The predicted octanol–water partition coefficient (Wildman–Crippen LogP) is 16.5. The lowest BCUT2D eigenvalue weighted by atomic mass is 10.0. The molecule has 0 aliphatic carbocycles. The van der Waals surface area contributed by atoms with Gasteiger partial charge in [-0.1, -0.05) is 262 Å². The van der Waals surface area contributed by atoms with Crippen LogP contribution in [0.1, 0.15) is 277 Å². The molecular weight excluding hydrogens is 899 g/mol. The van der Waals surface area contributed by atoms with E-state index in [9.17, 15) is 19.5 Å². The number of rotatable bonds is 56. The first-order valence-electron chi connectivity index (χ1n) is 30.3. The normalized spacial score (nSPS) is 13.1. The zero-order valence-electron chi connectivity index (χ0n) is 47.8. The summed E-state index contributed by atoms with van der Waals surface area (Å²) in [5, 5.41) is 11.8. The van der Waals surface area contributed by atoms with Gasteiger partial charge in [0.05, 0.1) is 40.3 Å². The SMILES string of the molecule is CC/C=C\C/C=C\C/C=C\C/C=C\CCCCCCCCCCCCCCCCC(=O)OC(COC(=O)CCCCCCCCCCCCCCCCCCCCCC)COC(OCC[N+](C)(C)C)C(=O)[O-]. The summed E-state index contributed by atoms with van der Waals surface area (Å²) >= 11 is 0. The number of hydrogen-bond donors (Lipinski definition) is 0. The number of nitrogens with zero attached hydrogens (tertiary/aromatic N) is 1. The molecule has 0 rings (SSSR count). The van der Waals surface area contributed by atoms with Crippen LogP contribution in [0.4, 0.5) is 0 Å². The molecule has 0 aromatic rings. The molecular formula is C63H115NO8. The van der Waals surface area contributed by atoms with Gasteiger partial charge < -0.3 is 33.3 Å². The number of carboxylic acids is 1. The van der Waals surface area contributed by atoms with E-state index in [1.165, 1.54) is 186 Å². The third kappa shape index (κ3) is 55.0. The van der Waals surface area contributed by atoms with Gasteiger partial charge in [-0.2, -0.15) is 0 Å². The maximum atomic E-state index is 12.9. The molecule has 0 aliphatic rings. The van der Waals surface area contributed by atoms with Crippen molar-refractivity contribution in [2.45, 2.75) is 289 Å². The van der Waals surface area contributed by atoms with Crippen molar-refractivity contribution in [1.29, 1.82) is 0 Å². The van der Waals surface area contributed by atoms with Gasteiger partial charge in [-0.25, -0.2) is 0 Å². The molecule has 0 amide bonds. The lowest BCUT2D eigenvalue weighted by molar-refractivity contribution is -0.870. The number of ether oxygens (including phenoxy) is 4. The highest BCUT2D eigenvalue weighted by Crippen LogP contribution is 2.17. The monoisotopic (exact) mass is 1010 g/mol. The van der Waals surface area contributed by atoms with Crippen LogP contribution in [0.15, 0.2) is 48.6 Å². The number of esters is 2. The van der Waals surface area contributed by atoms with Crippen molar-refractivity contribution in [2.24, 2.45) is 0 Å². The predicted molar refractivity (Wildman–Crippen MR) is 302 cm³/mol. The fourth-order valence-electron chi connectivity index (χ4n) is 8.71. The number of likely N-dealkylation sites (N-methyl/N-ethyl adjacent to an activating group) is 1. The molecule has 0 radical (unpaired) electrons. The van der Waals surface area contributed by atoms with Gasteiger partial charge in [0.15, 0.2) is 12.4 Å². The first kappa shape index (κ1) is 69.2. The topological polar surface area (TPSA) is 111 Å². The summed E-state index contributed by atoms with van der Waals surface area (Å²) in [6.45, 7) is 4.68. The molecule has 0 N–H and O–H groups in total. The van der Waals surface area contributed by atoms with E-state index in [1.54, 1.807) is 0 Å². The minimum Gasteiger partial charge on any atom is -0.545 e. The highest BCUT2D eigenvalue weighted by molar-refractivity contribution is 5.70. The summed E-state index contributed by atoms with van der Waals surface area (Å²) in [7, 11) is 5.93. The molecule has 0 aromatic carbocycles. The Balaban J connectivity index is 4.18. The zero-order valence-corrected chi connectivity index (χ0v) is 47.8. The van der Waals surface area contributed by atoms with Gasteiger partial charge in [-0.3, -0.25) is 9.59 Å². The Bertz CT molecular complexity index is 1320. The third-order valence-corrected chi connectivity index (χ3v) is 13.3. The fraction of sp³-hybridized carbons (Fsp3) is 0.825. The Morgan fingerprint density at radius 3 is 1.18 bits per heavy atom. The number of hydrogen-bond acceptors (Lipinski definition) is 8. The highest BCUT2D eigenvalue weighted by Gasteiger charge is 2.22. The molecule has 0 aromatic heterocycles. The number of carbonyl (C=O) groups is 3. The first-order chi connectivity index (χ1) is 35.1. The molecule has 0 saturated carbocycles. The molecule has 0 bridgehead atoms. The van der Waals surface area contributed by atoms with Crippen LogP contribution in [-0.2, 0) is 33.3 Å². The van der Waals surface area contributed by atoms with E-state index < -0.39 is 24.3 Å². The second-order valence-electron chi connectivity index (χ2n) is 21.6. The van der Waals surface area contributed by atoms with Crippen LogP contribution in [0.5, 0.6) is 0 Å². The molecule has 0 fully saturated rings. The van der Waals surface area contributed by atoms with Crippen molar-refractivity contribution in [2.75, 3.05) is 47.5 Å². The van der Waals surface area contributed by atoms with E-state index in [1.807, 2.05) is 21.1 Å². The molecule has 0 heterocycles. The Hall–Kier alpha value is -2.75. The summed E-state index contributed by atoms with van der Waals surface area (Å²) in [6, 6.07) is 0. The van der Waals surface area contributed by atoms with Crippen LogP contribution in [-0.4, -0.2) is 82.3 Å². The molecule has 72 heavy (non-hydrogen) atoms. The van der Waals surface area contributed by atoms with Gasteiger partial charge in [0.2, 0.25) is 0 Å². The van der Waals surface area contributed by atoms with Gasteiger partial charge in [0.25, 0.3) is 0 Å². The Labute approximate surface area is 444 Å². The van der Waals surface area contributed by atoms with E-state index >= 15 is 0 Å². The van der Waals surface area contributed by atoms with Gasteiger partial charge >= 0.3 is 11.9 Å². The summed E-state index contributed by atoms with van der Waals surface area (Å²) in [4.78, 5) is 37.3. The van der Waals surface area contributed by atoms with Crippen LogP contribution in [0, 0.1) is 0 Å². The van der Waals surface area contributed by atoms with E-state index in [-0.39, 0.29) is 32.2 Å². The van der Waals surface area contributed by atoms with Crippen molar-refractivity contribution in [3.63, 3.8) is 0 Å². The maximum absolute atomic E-state index is 12.9. The van der Waals surface area contributed by atoms with Crippen molar-refractivity contribution >= 4 is 17.9 Å². The van der Waals surface area contributed by atoms with Crippen LogP contribution in [0.3, 0.4) is 0 Å². The average molecular weight is 1010 g/mol. The van der Waals surface area contributed by atoms with Crippen molar-refractivity contribution < 1.29 is 42.9 Å². The number of quaternary nitrogens is 1. The molecule has 0 saturated heterocycles. The van der Waals surface area contributed by atoms with Crippen LogP contribution in [0.25, 0.3) is 0 Å². The van der Waals surface area contributed by atoms with Crippen molar-refractivity contribution in [3.05, 3.63) is 48.6 Å². The van der Waals surface area contributed by atoms with Gasteiger partial charge in [-0.15, -0.1) is 0 Å². The number of carboxylic acid groups (broad SMARTS) is 1. The molecule has 420 valence electrons. The minimum atomic E-state index is -1.62. The smallest absolute Gasteiger partial charge is 0.306 e. The molecule has 9 heteroatoms. The maximum Gasteiger partial charge on any atom is 0.306 e. The van der Waals surface area contributed by atoms with Gasteiger partial charge in [0.1, 0.15) is 13.2 Å². The van der Waals surface area contributed by atoms with E-state index in [0.717, 1.165) is 57.8 Å². The van der Waals surface area contributed by atoms with Gasteiger partial charge in [0, 0.05) is 12.8 Å². The Morgan fingerprint density at radius 2 is 0.792 bits per heavy atom. The highest BCUT2D eigenvalue weighted by atomic mass is 16.7. The van der Waals surface area contributed by atoms with Crippen LogP contribution in [0.2, 0.25) is 0 Å². The second-order valence-corrected chi connectivity index (χ2v) is 21.6. The zero-order chi connectivity index (χ0) is 52.7. The quantitative estimate of drug-likeness (QED) is 0.0195. The van der Waals surface area contributed by atoms with Crippen molar-refractivity contribution in [1.82, 2.24) is 0 Å². The molecule has 2 atom stereocenters. The molecule has 2 unspecified atom stereocenters. The molecule has 0 aliphatic heterocycles. The summed E-state index contributed by atoms with van der Waals surface area (Å²) in [6.07, 6.45) is 64.5. The van der Waals surface area contributed by atoms with E-state index in [4.69, 9.17) is 18.9 Å². The summed E-state index contributed by atoms with van der Waals surface area (Å²) in [5.74, 6) is -2.27. The number of unbranched alkanes of at least 4 members (excludes halogenated alkanes) is 33. The number of aliphatic carboxylic acids is 1. The average Bonchev–Trinajstić information content (AvgIpc) is 3.35. The molecule has 9 nitrogen and oxygen atoms in total. The van der Waals surface area contributed by atoms with E-state index in [0.29, 0.717) is 23.9 Å². The lowest BCUT2D eigenvalue weighted by Gasteiger charge is -2.26. The van der Waals surface area contributed by atoms with E-state index in [2.05, 4.69) is 62.5 Å². The summed E-state index contributed by atoms with van der Waals surface area (Å²) in [5.41, 5.74) is 0. The third-order valence-electron chi connectivity index (χ3n) is 13.3. The minimum absolute atomic E-state index is 0.149.